The number of anilines is 1. The third-order valence-corrected chi connectivity index (χ3v) is 8.12. The highest BCUT2D eigenvalue weighted by atomic mass is 35.5. The molecule has 5 rings (SSSR count). The topological polar surface area (TPSA) is 155 Å². The number of sulfonamides is 1. The van der Waals surface area contributed by atoms with Crippen LogP contribution in [0.4, 0.5) is 5.69 Å². The number of carbonyl (C=O) groups is 1. The van der Waals surface area contributed by atoms with Crippen molar-refractivity contribution in [2.45, 2.75) is 11.3 Å². The van der Waals surface area contributed by atoms with Crippen LogP contribution in [0, 0.1) is 5.41 Å². The van der Waals surface area contributed by atoms with E-state index in [4.69, 9.17) is 16.1 Å². The second-order valence-electron chi connectivity index (χ2n) is 8.78. The lowest BCUT2D eigenvalue weighted by molar-refractivity contribution is -0.135. The maximum Gasteiger partial charge on any atom is 0.324 e. The molecular formula is C27H25ClN6O4S. The summed E-state index contributed by atoms with van der Waals surface area (Å²) in [5.74, 6) is -0.567. The zero-order chi connectivity index (χ0) is 27.0. The van der Waals surface area contributed by atoms with Gasteiger partial charge in [0.05, 0.1) is 22.2 Å². The van der Waals surface area contributed by atoms with Gasteiger partial charge in [0.25, 0.3) is 10.0 Å². The quantitative estimate of drug-likeness (QED) is 0.192. The van der Waals surface area contributed by atoms with Crippen LogP contribution in [0.3, 0.4) is 0 Å². The summed E-state index contributed by atoms with van der Waals surface area (Å²) in [5, 5.41) is 17.8. The van der Waals surface area contributed by atoms with Crippen LogP contribution in [-0.2, 0) is 28.3 Å². The number of carboxylic acids is 1. The van der Waals surface area contributed by atoms with Crippen molar-refractivity contribution >= 4 is 61.9 Å². The monoisotopic (exact) mass is 564 g/mol. The summed E-state index contributed by atoms with van der Waals surface area (Å²) < 4.78 is 30.3. The number of aliphatic carboxylic acids is 1. The lowest BCUT2D eigenvalue weighted by atomic mass is 10.1. The number of nitrogens with zero attached hydrogens (tertiary/aromatic N) is 4. The Morgan fingerprint density at radius 3 is 2.49 bits per heavy atom. The minimum atomic E-state index is -4.28. The SMILES string of the molecule is Cl.Cn1c(Cc2ccc(C(=N)N)cc2)nc2cc(N(CC(=O)O)S(=O)(=O)c3cccc4cccnc34)ccc21. The Kier molecular flexibility index (Phi) is 7.57. The largest absolute Gasteiger partial charge is 0.480 e. The second-order valence-corrected chi connectivity index (χ2v) is 10.6. The van der Waals surface area contributed by atoms with Gasteiger partial charge in [-0.15, -0.1) is 12.4 Å². The predicted octanol–water partition coefficient (Wildman–Crippen LogP) is 3.70. The van der Waals surface area contributed by atoms with Crippen LogP contribution in [0.1, 0.15) is 17.0 Å². The molecule has 200 valence electrons. The molecule has 0 spiro atoms. The molecule has 0 radical (unpaired) electrons. The first kappa shape index (κ1) is 27.6. The summed E-state index contributed by atoms with van der Waals surface area (Å²) in [5.41, 5.74) is 8.88. The van der Waals surface area contributed by atoms with Gasteiger partial charge in [-0.2, -0.15) is 0 Å². The Balaban J connectivity index is 0.00000353. The van der Waals surface area contributed by atoms with Gasteiger partial charge in [0.1, 0.15) is 23.1 Å². The van der Waals surface area contributed by atoms with Crippen LogP contribution < -0.4 is 10.0 Å². The molecule has 12 heteroatoms. The molecule has 2 aromatic heterocycles. The molecule has 0 aliphatic heterocycles. The van der Waals surface area contributed by atoms with E-state index in [-0.39, 0.29) is 34.3 Å². The number of imidazole rings is 1. The van der Waals surface area contributed by atoms with Gasteiger partial charge in [0.2, 0.25) is 0 Å². The first-order valence-corrected chi connectivity index (χ1v) is 13.1. The number of halogens is 1. The Bertz CT molecular complexity index is 1810. The Hall–Kier alpha value is -4.48. The summed E-state index contributed by atoms with van der Waals surface area (Å²) >= 11 is 0. The molecule has 3 aromatic carbocycles. The van der Waals surface area contributed by atoms with E-state index in [9.17, 15) is 18.3 Å². The average molecular weight is 565 g/mol. The Labute approximate surface area is 230 Å². The van der Waals surface area contributed by atoms with Gasteiger partial charge in [0, 0.05) is 30.6 Å². The number of hydrogen-bond donors (Lipinski definition) is 3. The molecule has 0 aliphatic rings. The van der Waals surface area contributed by atoms with Gasteiger partial charge in [-0.05, 0) is 35.9 Å². The summed E-state index contributed by atoms with van der Waals surface area (Å²) in [6.45, 7) is -0.765. The first-order chi connectivity index (χ1) is 18.1. The smallest absolute Gasteiger partial charge is 0.324 e. The normalized spacial score (nSPS) is 11.3. The maximum absolute atomic E-state index is 13.8. The van der Waals surface area contributed by atoms with Crippen molar-refractivity contribution in [1.82, 2.24) is 14.5 Å². The van der Waals surface area contributed by atoms with Crippen molar-refractivity contribution in [3.8, 4) is 0 Å². The number of amidine groups is 1. The number of hydrogen-bond acceptors (Lipinski definition) is 6. The number of fused-ring (bicyclic) bond motifs is 2. The fourth-order valence-electron chi connectivity index (χ4n) is 4.38. The number of carboxylic acid groups (broad SMARTS) is 1. The van der Waals surface area contributed by atoms with E-state index in [1.165, 1.54) is 12.3 Å². The number of nitrogen functional groups attached to an aromatic ring is 1. The zero-order valence-corrected chi connectivity index (χ0v) is 22.4. The van der Waals surface area contributed by atoms with Crippen LogP contribution in [-0.4, -0.2) is 46.4 Å². The molecule has 4 N–H and O–H groups in total. The molecule has 0 atom stereocenters. The Morgan fingerprint density at radius 1 is 1.08 bits per heavy atom. The number of para-hydroxylation sites is 1. The van der Waals surface area contributed by atoms with E-state index in [2.05, 4.69) is 4.98 Å². The fraction of sp³-hybridized carbons (Fsp3) is 0.111. The summed E-state index contributed by atoms with van der Waals surface area (Å²) in [4.78, 5) is 20.6. The van der Waals surface area contributed by atoms with Crippen LogP contribution in [0.2, 0.25) is 0 Å². The van der Waals surface area contributed by atoms with Gasteiger partial charge in [-0.25, -0.2) is 13.4 Å². The Morgan fingerprint density at radius 2 is 1.79 bits per heavy atom. The van der Waals surface area contributed by atoms with Gasteiger partial charge < -0.3 is 15.4 Å². The number of rotatable bonds is 8. The van der Waals surface area contributed by atoms with E-state index in [1.807, 2.05) is 23.7 Å². The summed E-state index contributed by atoms with van der Waals surface area (Å²) in [6, 6.07) is 20.4. The van der Waals surface area contributed by atoms with Crippen molar-refractivity contribution in [2.24, 2.45) is 12.8 Å². The number of nitrogens with one attached hydrogen (secondary N) is 1. The lowest BCUT2D eigenvalue weighted by Gasteiger charge is -2.23. The number of aryl methyl sites for hydroxylation is 1. The first-order valence-electron chi connectivity index (χ1n) is 11.6. The summed E-state index contributed by atoms with van der Waals surface area (Å²) in [7, 11) is -2.42. The zero-order valence-electron chi connectivity index (χ0n) is 20.8. The van der Waals surface area contributed by atoms with Gasteiger partial charge in [-0.1, -0.05) is 42.5 Å². The molecule has 0 bridgehead atoms. The molecule has 0 fully saturated rings. The molecular weight excluding hydrogens is 540 g/mol. The van der Waals surface area contributed by atoms with E-state index in [0.717, 1.165) is 21.2 Å². The van der Waals surface area contributed by atoms with Crippen LogP contribution in [0.15, 0.2) is 83.9 Å². The minimum absolute atomic E-state index is 0. The van der Waals surface area contributed by atoms with Crippen LogP contribution in [0.5, 0.6) is 0 Å². The molecule has 0 aliphatic carbocycles. The highest BCUT2D eigenvalue weighted by molar-refractivity contribution is 7.93. The van der Waals surface area contributed by atoms with Crippen molar-refractivity contribution in [3.05, 3.63) is 95.9 Å². The summed E-state index contributed by atoms with van der Waals surface area (Å²) in [6.07, 6.45) is 2.00. The molecule has 10 nitrogen and oxygen atoms in total. The highest BCUT2D eigenvalue weighted by Crippen LogP contribution is 2.30. The minimum Gasteiger partial charge on any atom is -0.480 e. The van der Waals surface area contributed by atoms with E-state index >= 15 is 0 Å². The van der Waals surface area contributed by atoms with Crippen molar-refractivity contribution < 1.29 is 18.3 Å². The second kappa shape index (κ2) is 10.7. The van der Waals surface area contributed by atoms with Crippen molar-refractivity contribution in [2.75, 3.05) is 10.8 Å². The van der Waals surface area contributed by atoms with Crippen molar-refractivity contribution in [1.29, 1.82) is 5.41 Å². The fourth-order valence-corrected chi connectivity index (χ4v) is 5.95. The van der Waals surface area contributed by atoms with Crippen LogP contribution >= 0.6 is 12.4 Å². The number of aromatic nitrogens is 3. The third kappa shape index (κ3) is 5.27. The van der Waals surface area contributed by atoms with E-state index < -0.39 is 22.5 Å². The predicted molar refractivity (Wildman–Crippen MR) is 152 cm³/mol. The average Bonchev–Trinajstić information content (AvgIpc) is 3.21. The van der Waals surface area contributed by atoms with Crippen LogP contribution in [0.25, 0.3) is 21.9 Å². The molecule has 5 aromatic rings. The molecule has 0 saturated heterocycles. The van der Waals surface area contributed by atoms with Crippen molar-refractivity contribution in [3.63, 3.8) is 0 Å². The molecule has 2 heterocycles. The number of pyridine rings is 1. The third-order valence-electron chi connectivity index (χ3n) is 6.31. The molecule has 39 heavy (non-hydrogen) atoms. The van der Waals surface area contributed by atoms with Gasteiger partial charge >= 0.3 is 5.97 Å². The van der Waals surface area contributed by atoms with Gasteiger partial charge in [0.15, 0.2) is 0 Å². The molecule has 0 amide bonds. The number of nitrogens with two attached hydrogens (primary N) is 1. The lowest BCUT2D eigenvalue weighted by Crippen LogP contribution is -2.36. The number of benzene rings is 3. The van der Waals surface area contributed by atoms with E-state index in [1.54, 1.807) is 54.6 Å². The van der Waals surface area contributed by atoms with E-state index in [0.29, 0.717) is 22.9 Å². The molecule has 0 unspecified atom stereocenters. The maximum atomic E-state index is 13.8. The standard InChI is InChI=1S/C27H24N6O4S.ClH/c1-32-22-12-11-20(15-21(22)31-24(32)14-17-7-9-19(10-8-17)27(28)29)33(16-25(34)35)38(36,37)23-6-2-4-18-5-3-13-30-26(18)23;/h2-13,15H,14,16H2,1H3,(H3,28,29)(H,34,35);1H. The highest BCUT2D eigenvalue weighted by Gasteiger charge is 2.29. The molecule has 0 saturated carbocycles. The van der Waals surface area contributed by atoms with Gasteiger partial charge in [-0.3, -0.25) is 19.5 Å².